The van der Waals surface area contributed by atoms with Gasteiger partial charge in [0.2, 0.25) is 0 Å². The van der Waals surface area contributed by atoms with Crippen molar-refractivity contribution in [1.82, 2.24) is 0 Å². The van der Waals surface area contributed by atoms with Gasteiger partial charge in [-0.2, -0.15) is 0 Å². The van der Waals surface area contributed by atoms with Gasteiger partial charge in [0.15, 0.2) is 0 Å². The fraction of sp³-hybridized carbons (Fsp3) is 0.375. The maximum Gasteiger partial charge on any atom is 0.0579 e. The Balaban J connectivity index is 2.35. The summed E-state index contributed by atoms with van der Waals surface area (Å²) in [6.45, 7) is 3.73. The number of halogens is 2. The first kappa shape index (κ1) is 15.5. The largest absolute Gasteiger partial charge is 0.103 e. The van der Waals surface area contributed by atoms with Crippen molar-refractivity contribution >= 4 is 32.6 Å². The Kier molecular flexibility index (Phi) is 8.11. The van der Waals surface area contributed by atoms with Crippen molar-refractivity contribution in [2.24, 2.45) is 0 Å². The second kappa shape index (κ2) is 9.41. The maximum atomic E-state index is 6.34. The molecule has 0 fully saturated rings. The molecule has 0 unspecified atom stereocenters. The van der Waals surface area contributed by atoms with Gasteiger partial charge < -0.3 is 0 Å². The van der Waals surface area contributed by atoms with Gasteiger partial charge in [-0.25, -0.2) is 0 Å². The number of benzene rings is 1. The Morgan fingerprint density at radius 2 is 1.78 bits per heavy atom. The van der Waals surface area contributed by atoms with Crippen molar-refractivity contribution < 1.29 is 0 Å². The van der Waals surface area contributed by atoms with Crippen LogP contribution in [0.4, 0.5) is 0 Å². The highest BCUT2D eigenvalue weighted by Crippen LogP contribution is 2.30. The minimum Gasteiger partial charge on any atom is -0.103 e. The van der Waals surface area contributed by atoms with Crippen LogP contribution in [0.1, 0.15) is 44.1 Å². The van der Waals surface area contributed by atoms with Crippen LogP contribution in [0, 0.1) is 0 Å². The zero-order valence-corrected chi connectivity index (χ0v) is 13.0. The first-order valence-electron chi connectivity index (χ1n) is 6.46. The average Bonchev–Trinajstić information content (AvgIpc) is 2.42. The average molecular weight is 328 g/mol. The van der Waals surface area contributed by atoms with Crippen LogP contribution in [-0.4, -0.2) is 0 Å². The molecule has 0 heterocycles. The lowest BCUT2D eigenvalue weighted by atomic mass is 10.1. The van der Waals surface area contributed by atoms with Crippen LogP contribution in [0.2, 0.25) is 0 Å². The molecule has 0 aliphatic rings. The van der Waals surface area contributed by atoms with E-state index in [1.807, 2.05) is 36.4 Å². The van der Waals surface area contributed by atoms with Gasteiger partial charge in [0.05, 0.1) is 5.03 Å². The van der Waals surface area contributed by atoms with Gasteiger partial charge in [0, 0.05) is 4.48 Å². The minimum atomic E-state index is 0.835. The van der Waals surface area contributed by atoms with Crippen molar-refractivity contribution in [1.29, 1.82) is 0 Å². The third-order valence-corrected chi connectivity index (χ3v) is 4.29. The molecule has 2 heteroatoms. The monoisotopic (exact) mass is 326 g/mol. The summed E-state index contributed by atoms with van der Waals surface area (Å²) in [5, 5.41) is 0.835. The van der Waals surface area contributed by atoms with Crippen molar-refractivity contribution in [3.8, 4) is 0 Å². The molecule has 0 aliphatic heterocycles. The van der Waals surface area contributed by atoms with Crippen LogP contribution in [0.25, 0.3) is 5.03 Å². The van der Waals surface area contributed by atoms with E-state index in [4.69, 9.17) is 11.6 Å². The van der Waals surface area contributed by atoms with E-state index in [9.17, 15) is 0 Å². The third-order valence-electron chi connectivity index (χ3n) is 2.82. The molecule has 1 aromatic carbocycles. The van der Waals surface area contributed by atoms with Gasteiger partial charge >= 0.3 is 0 Å². The highest BCUT2D eigenvalue weighted by atomic mass is 79.9. The van der Waals surface area contributed by atoms with E-state index in [-0.39, 0.29) is 0 Å². The fourth-order valence-electron chi connectivity index (χ4n) is 1.77. The Morgan fingerprint density at radius 3 is 2.44 bits per heavy atom. The molecule has 0 amide bonds. The number of allylic oxidation sites excluding steroid dienone is 2. The molecule has 0 N–H and O–H groups in total. The molecule has 0 aromatic heterocycles. The molecule has 0 saturated carbocycles. The fourth-order valence-corrected chi connectivity index (χ4v) is 2.50. The predicted octanol–water partition coefficient (Wildman–Crippen LogP) is 6.52. The highest BCUT2D eigenvalue weighted by molar-refractivity contribution is 9.11. The van der Waals surface area contributed by atoms with E-state index in [0.29, 0.717) is 0 Å². The third kappa shape index (κ3) is 5.88. The molecular formula is C16H20BrCl. The Labute approximate surface area is 124 Å². The molecule has 0 saturated heterocycles. The normalized spacial score (nSPS) is 12.1. The van der Waals surface area contributed by atoms with Crippen LogP contribution < -0.4 is 0 Å². The molecule has 1 aromatic rings. The molecule has 98 valence electrons. The highest BCUT2D eigenvalue weighted by Gasteiger charge is 2.03. The SMILES string of the molecule is C=CCCCCCC/C(Br)=C(/Cl)c1ccccc1. The molecule has 0 spiro atoms. The summed E-state index contributed by atoms with van der Waals surface area (Å²) in [6, 6.07) is 10.1. The summed E-state index contributed by atoms with van der Waals surface area (Å²) >= 11 is 9.93. The van der Waals surface area contributed by atoms with Crippen molar-refractivity contribution in [2.75, 3.05) is 0 Å². The molecule has 1 rings (SSSR count). The molecule has 0 radical (unpaired) electrons. The van der Waals surface area contributed by atoms with Crippen LogP contribution in [0.5, 0.6) is 0 Å². The first-order chi connectivity index (χ1) is 8.75. The van der Waals surface area contributed by atoms with Gasteiger partial charge in [-0.05, 0) is 31.2 Å². The Morgan fingerprint density at radius 1 is 1.11 bits per heavy atom. The summed E-state index contributed by atoms with van der Waals surface area (Å²) in [5.74, 6) is 0. The van der Waals surface area contributed by atoms with Gasteiger partial charge in [0.1, 0.15) is 0 Å². The second-order valence-corrected chi connectivity index (χ2v) is 5.66. The van der Waals surface area contributed by atoms with E-state index in [1.165, 1.54) is 25.7 Å². The minimum absolute atomic E-state index is 0.835. The predicted molar refractivity (Wildman–Crippen MR) is 86.0 cm³/mol. The van der Waals surface area contributed by atoms with Crippen LogP contribution in [-0.2, 0) is 0 Å². The lowest BCUT2D eigenvalue weighted by molar-refractivity contribution is 0.651. The number of unbranched alkanes of at least 4 members (excludes halogenated alkanes) is 4. The number of rotatable bonds is 8. The Hall–Kier alpha value is -0.530. The zero-order chi connectivity index (χ0) is 13.2. The molecular weight excluding hydrogens is 308 g/mol. The van der Waals surface area contributed by atoms with Gasteiger partial charge in [-0.15, -0.1) is 6.58 Å². The van der Waals surface area contributed by atoms with E-state index < -0.39 is 0 Å². The standard InChI is InChI=1S/C16H20BrCl/c1-2-3-4-5-6-10-13-15(17)16(18)14-11-8-7-9-12-14/h2,7-9,11-12H,1,3-6,10,13H2/b16-15-. The van der Waals surface area contributed by atoms with Crippen molar-refractivity contribution in [3.63, 3.8) is 0 Å². The summed E-state index contributed by atoms with van der Waals surface area (Å²) < 4.78 is 1.11. The molecule has 0 bridgehead atoms. The van der Waals surface area contributed by atoms with Crippen LogP contribution in [0.15, 0.2) is 47.5 Å². The molecule has 0 aliphatic carbocycles. The summed E-state index contributed by atoms with van der Waals surface area (Å²) in [6.07, 6.45) is 9.08. The smallest absolute Gasteiger partial charge is 0.0579 e. The summed E-state index contributed by atoms with van der Waals surface area (Å²) in [7, 11) is 0. The van der Waals surface area contributed by atoms with Crippen molar-refractivity contribution in [2.45, 2.75) is 38.5 Å². The quantitative estimate of drug-likeness (QED) is 0.377. The lowest BCUT2D eigenvalue weighted by Gasteiger charge is -2.05. The number of hydrogen-bond donors (Lipinski definition) is 0. The topological polar surface area (TPSA) is 0 Å². The summed E-state index contributed by atoms with van der Waals surface area (Å²) in [4.78, 5) is 0. The Bertz CT molecular complexity index is 381. The maximum absolute atomic E-state index is 6.34. The van der Waals surface area contributed by atoms with E-state index in [1.54, 1.807) is 0 Å². The van der Waals surface area contributed by atoms with Crippen molar-refractivity contribution in [3.05, 3.63) is 53.0 Å². The van der Waals surface area contributed by atoms with Crippen LogP contribution in [0.3, 0.4) is 0 Å². The molecule has 0 nitrogen and oxygen atoms in total. The number of hydrogen-bond acceptors (Lipinski definition) is 0. The molecule has 0 atom stereocenters. The molecule has 18 heavy (non-hydrogen) atoms. The lowest BCUT2D eigenvalue weighted by Crippen LogP contribution is -1.83. The van der Waals surface area contributed by atoms with Crippen LogP contribution >= 0.6 is 27.5 Å². The van der Waals surface area contributed by atoms with E-state index >= 15 is 0 Å². The first-order valence-corrected chi connectivity index (χ1v) is 7.63. The second-order valence-electron chi connectivity index (χ2n) is 4.33. The van der Waals surface area contributed by atoms with E-state index in [0.717, 1.165) is 27.9 Å². The van der Waals surface area contributed by atoms with Gasteiger partial charge in [-0.3, -0.25) is 0 Å². The van der Waals surface area contributed by atoms with Gasteiger partial charge in [0.25, 0.3) is 0 Å². The summed E-state index contributed by atoms with van der Waals surface area (Å²) in [5.41, 5.74) is 1.08. The van der Waals surface area contributed by atoms with E-state index in [2.05, 4.69) is 22.5 Å². The van der Waals surface area contributed by atoms with Gasteiger partial charge in [-0.1, -0.05) is 76.8 Å². The zero-order valence-electron chi connectivity index (χ0n) is 10.7.